The van der Waals surface area contributed by atoms with Crippen LogP contribution in [0.15, 0.2) is 0 Å². The van der Waals surface area contributed by atoms with Crippen LogP contribution in [0.5, 0.6) is 0 Å². The van der Waals surface area contributed by atoms with E-state index in [1.54, 1.807) is 0 Å². The quantitative estimate of drug-likeness (QED) is 0.622. The molecule has 0 saturated heterocycles. The van der Waals surface area contributed by atoms with Gasteiger partial charge in [0, 0.05) is 0 Å². The summed E-state index contributed by atoms with van der Waals surface area (Å²) in [5, 5.41) is 0. The van der Waals surface area contributed by atoms with Crippen molar-refractivity contribution in [3.63, 3.8) is 0 Å². The molecule has 1 N–H and O–H groups in total. The zero-order valence-electron chi connectivity index (χ0n) is 7.47. The summed E-state index contributed by atoms with van der Waals surface area (Å²) in [6, 6.07) is -0.130. The van der Waals surface area contributed by atoms with Crippen LogP contribution in [0.4, 0.5) is 0 Å². The molecule has 64 valence electrons. The zero-order valence-corrected chi connectivity index (χ0v) is 8.29. The highest BCUT2D eigenvalue weighted by molar-refractivity contribution is 7.84. The van der Waals surface area contributed by atoms with Crippen molar-refractivity contribution in [2.45, 2.75) is 38.5 Å². The first-order valence-electron chi connectivity index (χ1n) is 3.52. The summed E-state index contributed by atoms with van der Waals surface area (Å²) in [5.41, 5.74) is 0. The standard InChI is InChI=1S/C8H15NOS/c1-6-7(2)9-11(10)8(3,4)5/h1,7,9H,2-5H3/t7-,11-/m0/s1. The summed E-state index contributed by atoms with van der Waals surface area (Å²) in [5.74, 6) is 2.46. The minimum Gasteiger partial charge on any atom is -0.242 e. The zero-order chi connectivity index (χ0) is 9.07. The highest BCUT2D eigenvalue weighted by Gasteiger charge is 2.20. The molecule has 11 heavy (non-hydrogen) atoms. The summed E-state index contributed by atoms with van der Waals surface area (Å²) < 4.78 is 13.9. The van der Waals surface area contributed by atoms with Gasteiger partial charge in [0.2, 0.25) is 0 Å². The normalized spacial score (nSPS) is 17.0. The van der Waals surface area contributed by atoms with Crippen LogP contribution in [0.2, 0.25) is 0 Å². The van der Waals surface area contributed by atoms with Gasteiger partial charge in [0.05, 0.1) is 21.8 Å². The summed E-state index contributed by atoms with van der Waals surface area (Å²) in [6.45, 7) is 7.52. The fraction of sp³-hybridized carbons (Fsp3) is 0.750. The molecule has 0 spiro atoms. The molecule has 0 rings (SSSR count). The summed E-state index contributed by atoms with van der Waals surface area (Å²) >= 11 is 0. The van der Waals surface area contributed by atoms with Gasteiger partial charge in [-0.05, 0) is 27.7 Å². The van der Waals surface area contributed by atoms with E-state index in [4.69, 9.17) is 6.42 Å². The van der Waals surface area contributed by atoms with Gasteiger partial charge >= 0.3 is 0 Å². The first-order chi connectivity index (χ1) is 4.88. The van der Waals surface area contributed by atoms with Crippen LogP contribution < -0.4 is 4.72 Å². The Balaban J connectivity index is 4.01. The Morgan fingerprint density at radius 1 is 1.55 bits per heavy atom. The second-order valence-corrected chi connectivity index (χ2v) is 5.39. The second kappa shape index (κ2) is 3.89. The van der Waals surface area contributed by atoms with E-state index in [0.29, 0.717) is 0 Å². The molecule has 0 saturated carbocycles. The number of terminal acetylenes is 1. The average molecular weight is 173 g/mol. The van der Waals surface area contributed by atoms with Crippen LogP contribution in [0.3, 0.4) is 0 Å². The average Bonchev–Trinajstić information content (AvgIpc) is 1.85. The molecule has 0 aliphatic carbocycles. The lowest BCUT2D eigenvalue weighted by Crippen LogP contribution is -2.37. The molecular weight excluding hydrogens is 158 g/mol. The van der Waals surface area contributed by atoms with E-state index in [1.165, 1.54) is 0 Å². The van der Waals surface area contributed by atoms with Crippen molar-refractivity contribution < 1.29 is 4.21 Å². The topological polar surface area (TPSA) is 29.1 Å². The molecule has 0 amide bonds. The molecule has 0 unspecified atom stereocenters. The molecule has 0 aromatic rings. The third-order valence-electron chi connectivity index (χ3n) is 1.09. The highest BCUT2D eigenvalue weighted by Crippen LogP contribution is 2.08. The lowest BCUT2D eigenvalue weighted by atomic mass is 10.3. The predicted molar refractivity (Wildman–Crippen MR) is 49.3 cm³/mol. The predicted octanol–water partition coefficient (Wildman–Crippen LogP) is 1.06. The fourth-order valence-corrected chi connectivity index (χ4v) is 1.11. The number of hydrogen-bond acceptors (Lipinski definition) is 1. The molecule has 0 aliphatic heterocycles. The Hall–Kier alpha value is -0.330. The maximum atomic E-state index is 11.3. The van der Waals surface area contributed by atoms with E-state index in [-0.39, 0.29) is 10.8 Å². The Labute approximate surface area is 71.4 Å². The lowest BCUT2D eigenvalue weighted by Gasteiger charge is -2.19. The molecule has 0 fully saturated rings. The van der Waals surface area contributed by atoms with Crippen molar-refractivity contribution in [2.24, 2.45) is 0 Å². The van der Waals surface area contributed by atoms with Gasteiger partial charge in [-0.1, -0.05) is 5.92 Å². The summed E-state index contributed by atoms with van der Waals surface area (Å²) in [4.78, 5) is 0. The van der Waals surface area contributed by atoms with Crippen molar-refractivity contribution in [2.75, 3.05) is 0 Å². The Morgan fingerprint density at radius 2 is 2.00 bits per heavy atom. The SMILES string of the molecule is C#C[C@H](C)N[S@@](=O)C(C)(C)C. The van der Waals surface area contributed by atoms with Gasteiger partial charge in [-0.15, -0.1) is 6.42 Å². The van der Waals surface area contributed by atoms with Gasteiger partial charge in [-0.25, -0.2) is 8.93 Å². The van der Waals surface area contributed by atoms with E-state index >= 15 is 0 Å². The van der Waals surface area contributed by atoms with Crippen LogP contribution in [0.25, 0.3) is 0 Å². The van der Waals surface area contributed by atoms with Crippen molar-refractivity contribution >= 4 is 11.0 Å². The van der Waals surface area contributed by atoms with Crippen molar-refractivity contribution in [3.8, 4) is 12.3 Å². The Bertz CT molecular complexity index is 187. The third kappa shape index (κ3) is 4.18. The van der Waals surface area contributed by atoms with Crippen LogP contribution in [0.1, 0.15) is 27.7 Å². The van der Waals surface area contributed by atoms with Gasteiger partial charge in [-0.2, -0.15) is 0 Å². The summed E-state index contributed by atoms with van der Waals surface area (Å²) in [6.07, 6.45) is 5.12. The highest BCUT2D eigenvalue weighted by atomic mass is 32.2. The largest absolute Gasteiger partial charge is 0.242 e. The molecular formula is C8H15NOS. The first-order valence-corrected chi connectivity index (χ1v) is 4.67. The molecule has 0 aromatic carbocycles. The number of rotatable bonds is 2. The van der Waals surface area contributed by atoms with E-state index in [0.717, 1.165) is 0 Å². The van der Waals surface area contributed by atoms with Gasteiger partial charge in [0.15, 0.2) is 0 Å². The monoisotopic (exact) mass is 173 g/mol. The molecule has 0 bridgehead atoms. The molecule has 0 aliphatic rings. The minimum absolute atomic E-state index is 0.130. The Kier molecular flexibility index (Phi) is 3.77. The third-order valence-corrected chi connectivity index (χ3v) is 2.77. The molecule has 2 nitrogen and oxygen atoms in total. The molecule has 0 radical (unpaired) electrons. The van der Waals surface area contributed by atoms with Gasteiger partial charge in [-0.3, -0.25) is 0 Å². The van der Waals surface area contributed by atoms with Crippen molar-refractivity contribution in [1.29, 1.82) is 0 Å². The van der Waals surface area contributed by atoms with E-state index < -0.39 is 11.0 Å². The van der Waals surface area contributed by atoms with Crippen LogP contribution in [-0.2, 0) is 11.0 Å². The Morgan fingerprint density at radius 3 is 2.27 bits per heavy atom. The minimum atomic E-state index is -1.06. The maximum absolute atomic E-state index is 11.3. The van der Waals surface area contributed by atoms with Crippen LogP contribution in [-0.4, -0.2) is 15.0 Å². The van der Waals surface area contributed by atoms with E-state index in [2.05, 4.69) is 10.6 Å². The van der Waals surface area contributed by atoms with E-state index in [1.807, 2.05) is 27.7 Å². The molecule has 0 heterocycles. The molecule has 2 atom stereocenters. The van der Waals surface area contributed by atoms with E-state index in [9.17, 15) is 4.21 Å². The lowest BCUT2D eigenvalue weighted by molar-refractivity contribution is 0.630. The van der Waals surface area contributed by atoms with Crippen molar-refractivity contribution in [1.82, 2.24) is 4.72 Å². The number of nitrogens with one attached hydrogen (secondary N) is 1. The van der Waals surface area contributed by atoms with Crippen LogP contribution in [0, 0.1) is 12.3 Å². The second-order valence-electron chi connectivity index (χ2n) is 3.39. The maximum Gasteiger partial charge on any atom is 0.0981 e. The fourth-order valence-electron chi connectivity index (χ4n) is 0.371. The number of hydrogen-bond donors (Lipinski definition) is 1. The first kappa shape index (κ1) is 10.7. The smallest absolute Gasteiger partial charge is 0.0981 e. The molecule has 3 heteroatoms. The van der Waals surface area contributed by atoms with Gasteiger partial charge in [0.1, 0.15) is 0 Å². The summed E-state index contributed by atoms with van der Waals surface area (Å²) in [7, 11) is -1.06. The van der Waals surface area contributed by atoms with Crippen molar-refractivity contribution in [3.05, 3.63) is 0 Å². The molecule has 0 aromatic heterocycles. The van der Waals surface area contributed by atoms with Gasteiger partial charge < -0.3 is 0 Å². The van der Waals surface area contributed by atoms with Crippen LogP contribution >= 0.6 is 0 Å². The van der Waals surface area contributed by atoms with Gasteiger partial charge in [0.25, 0.3) is 0 Å².